The number of benzene rings is 2. The van der Waals surface area contributed by atoms with Crippen LogP contribution in [0.3, 0.4) is 0 Å². The van der Waals surface area contributed by atoms with E-state index >= 15 is 0 Å². The van der Waals surface area contributed by atoms with Crippen LogP contribution in [0.1, 0.15) is 43.6 Å². The van der Waals surface area contributed by atoms with Crippen LogP contribution >= 0.6 is 40.3 Å². The number of aliphatic hydroxyl groups is 1. The van der Waals surface area contributed by atoms with Gasteiger partial charge in [0.2, 0.25) is 0 Å². The standard InChI is InChI=1S/C22H24Br2NO7P/c1-5-31-21(28)18(11(2)3)25-20(27)14-10-13(6-7-17(14)26)32-19-15(23)8-12(9-16(19)24)22(4,29)33-30/h6-11,18,26,29H,5H2,1-4H3,(H,25,27)/p+1. The first kappa shape index (κ1) is 27.2. The Bertz CT molecular complexity index is 1040. The first-order valence-electron chi connectivity index (χ1n) is 10.0. The predicted molar refractivity (Wildman–Crippen MR) is 131 cm³/mol. The number of carbonyl (C=O) groups is 2. The number of hydrogen-bond donors (Lipinski definition) is 3. The van der Waals surface area contributed by atoms with Gasteiger partial charge in [-0.05, 0) is 75.0 Å². The fourth-order valence-corrected chi connectivity index (χ4v) is 4.44. The number of rotatable bonds is 9. The second-order valence-corrected chi connectivity index (χ2v) is 10.6. The van der Waals surface area contributed by atoms with Crippen molar-refractivity contribution in [1.29, 1.82) is 0 Å². The van der Waals surface area contributed by atoms with Crippen molar-refractivity contribution < 1.29 is 33.8 Å². The monoisotopic (exact) mass is 604 g/mol. The van der Waals surface area contributed by atoms with Gasteiger partial charge in [-0.25, -0.2) is 4.79 Å². The molecule has 0 fully saturated rings. The lowest BCUT2D eigenvalue weighted by Crippen LogP contribution is -2.45. The maximum Gasteiger partial charge on any atom is 0.364 e. The molecule has 3 unspecified atom stereocenters. The highest BCUT2D eigenvalue weighted by Gasteiger charge is 2.33. The number of halogens is 2. The second kappa shape index (κ2) is 11.4. The lowest BCUT2D eigenvalue weighted by molar-refractivity contribution is -0.146. The van der Waals surface area contributed by atoms with Crippen LogP contribution in [0.4, 0.5) is 0 Å². The van der Waals surface area contributed by atoms with E-state index in [1.165, 1.54) is 25.1 Å². The van der Waals surface area contributed by atoms with Crippen LogP contribution in [0.5, 0.6) is 17.2 Å². The number of amides is 1. The summed E-state index contributed by atoms with van der Waals surface area (Å²) in [5.41, 5.74) is 0.327. The minimum atomic E-state index is -1.53. The van der Waals surface area contributed by atoms with Gasteiger partial charge < -0.3 is 25.0 Å². The van der Waals surface area contributed by atoms with Crippen LogP contribution in [-0.4, -0.2) is 34.7 Å². The van der Waals surface area contributed by atoms with Crippen molar-refractivity contribution in [2.75, 3.05) is 6.61 Å². The normalized spacial score (nSPS) is 13.9. The van der Waals surface area contributed by atoms with E-state index in [-0.39, 0.29) is 29.6 Å². The van der Waals surface area contributed by atoms with Gasteiger partial charge >= 0.3 is 14.4 Å². The van der Waals surface area contributed by atoms with Crippen LogP contribution in [0.25, 0.3) is 0 Å². The third-order valence-corrected chi connectivity index (χ3v) is 6.55. The van der Waals surface area contributed by atoms with Crippen molar-refractivity contribution >= 4 is 52.2 Å². The first-order chi connectivity index (χ1) is 15.4. The number of esters is 1. The molecule has 0 bridgehead atoms. The van der Waals surface area contributed by atoms with Gasteiger partial charge in [0.1, 0.15) is 17.5 Å². The summed E-state index contributed by atoms with van der Waals surface area (Å²) in [5, 5.41) is 21.5. The average molecular weight is 606 g/mol. The highest BCUT2D eigenvalue weighted by atomic mass is 79.9. The molecule has 0 saturated heterocycles. The Labute approximate surface area is 210 Å². The Morgan fingerprint density at radius 2 is 1.79 bits per heavy atom. The molecule has 33 heavy (non-hydrogen) atoms. The third-order valence-electron chi connectivity index (χ3n) is 4.69. The van der Waals surface area contributed by atoms with Crippen molar-refractivity contribution in [2.45, 2.75) is 39.1 Å². The van der Waals surface area contributed by atoms with Crippen LogP contribution < -0.4 is 10.1 Å². The Balaban J connectivity index is 2.33. The molecule has 0 saturated carbocycles. The molecule has 0 aliphatic heterocycles. The zero-order valence-electron chi connectivity index (χ0n) is 18.4. The topological polar surface area (TPSA) is 122 Å². The zero-order valence-corrected chi connectivity index (χ0v) is 22.6. The van der Waals surface area contributed by atoms with Crippen LogP contribution in [0.15, 0.2) is 39.3 Å². The zero-order chi connectivity index (χ0) is 24.9. The summed E-state index contributed by atoms with van der Waals surface area (Å²) in [6.45, 7) is 6.82. The second-order valence-electron chi connectivity index (χ2n) is 7.67. The first-order valence-corrected chi connectivity index (χ1v) is 12.5. The van der Waals surface area contributed by atoms with Gasteiger partial charge in [-0.2, -0.15) is 0 Å². The molecule has 11 heteroatoms. The Hall–Kier alpha value is -2.00. The number of phenolic OH excluding ortho intramolecular Hbond substituents is 1. The molecule has 0 spiro atoms. The molecule has 1 amide bonds. The van der Waals surface area contributed by atoms with Crippen molar-refractivity contribution in [2.24, 2.45) is 5.92 Å². The number of phenols is 1. The van der Waals surface area contributed by atoms with Crippen LogP contribution in [0.2, 0.25) is 0 Å². The fraction of sp³-hybridized carbons (Fsp3) is 0.364. The van der Waals surface area contributed by atoms with E-state index in [1.54, 1.807) is 32.9 Å². The third kappa shape index (κ3) is 6.76. The molecule has 0 aliphatic rings. The number of ether oxygens (including phenoxy) is 2. The Morgan fingerprint density at radius 3 is 2.30 bits per heavy atom. The van der Waals surface area contributed by atoms with E-state index in [4.69, 9.17) is 9.47 Å². The quantitative estimate of drug-likeness (QED) is 0.265. The lowest BCUT2D eigenvalue weighted by atomic mass is 10.0. The molecule has 8 nitrogen and oxygen atoms in total. The van der Waals surface area contributed by atoms with Crippen molar-refractivity contribution in [3.63, 3.8) is 0 Å². The summed E-state index contributed by atoms with van der Waals surface area (Å²) in [7, 11) is -0.970. The van der Waals surface area contributed by atoms with Gasteiger partial charge in [0.25, 0.3) is 11.2 Å². The summed E-state index contributed by atoms with van der Waals surface area (Å²) in [6, 6.07) is 6.39. The largest absolute Gasteiger partial charge is 0.507 e. The number of aromatic hydroxyl groups is 1. The minimum absolute atomic E-state index is 0.0817. The molecular weight excluding hydrogens is 581 g/mol. The average Bonchev–Trinajstić information content (AvgIpc) is 2.75. The molecule has 2 aromatic carbocycles. The predicted octanol–water partition coefficient (Wildman–Crippen LogP) is 5.22. The van der Waals surface area contributed by atoms with Crippen molar-refractivity contribution in [3.05, 3.63) is 50.4 Å². The lowest BCUT2D eigenvalue weighted by Gasteiger charge is -2.21. The van der Waals surface area contributed by atoms with Crippen LogP contribution in [-0.2, 0) is 19.4 Å². The molecule has 178 valence electrons. The molecule has 2 rings (SSSR count). The van der Waals surface area contributed by atoms with E-state index in [9.17, 15) is 24.4 Å². The van der Waals surface area contributed by atoms with E-state index in [2.05, 4.69) is 37.2 Å². The molecule has 0 heterocycles. The molecule has 0 aliphatic carbocycles. The number of nitrogens with one attached hydrogen (secondary N) is 1. The molecule has 0 radical (unpaired) electrons. The smallest absolute Gasteiger partial charge is 0.364 e. The number of carbonyl (C=O) groups excluding carboxylic acids is 2. The SMILES string of the molecule is CCOC(=O)C(NC(=O)c1cc(Oc2c(Br)cc(C(C)(O)[PH+]=O)cc2Br)ccc1O)C(C)C. The fourth-order valence-electron chi connectivity index (χ4n) is 2.82. The Kier molecular flexibility index (Phi) is 9.43. The maximum atomic E-state index is 12.8. The molecule has 3 atom stereocenters. The molecule has 2 aromatic rings. The summed E-state index contributed by atoms with van der Waals surface area (Å²) in [4.78, 5) is 25.0. The molecular formula is C22H25Br2NO7P+. The highest BCUT2D eigenvalue weighted by molar-refractivity contribution is 9.11. The highest BCUT2D eigenvalue weighted by Crippen LogP contribution is 2.42. The summed E-state index contributed by atoms with van der Waals surface area (Å²) in [5.74, 6) is -1.16. The molecule has 3 N–H and O–H groups in total. The van der Waals surface area contributed by atoms with E-state index in [0.29, 0.717) is 20.3 Å². The van der Waals surface area contributed by atoms with Gasteiger partial charge in [0.15, 0.2) is 5.75 Å². The van der Waals surface area contributed by atoms with E-state index in [0.717, 1.165) is 0 Å². The van der Waals surface area contributed by atoms with Gasteiger partial charge in [0, 0.05) is 12.5 Å². The van der Waals surface area contributed by atoms with Gasteiger partial charge in [-0.15, -0.1) is 0 Å². The number of hydrogen-bond acceptors (Lipinski definition) is 7. The van der Waals surface area contributed by atoms with Gasteiger partial charge in [0.05, 0.1) is 21.1 Å². The maximum absolute atomic E-state index is 12.8. The summed E-state index contributed by atoms with van der Waals surface area (Å²) >= 11 is 6.75. The Morgan fingerprint density at radius 1 is 1.18 bits per heavy atom. The van der Waals surface area contributed by atoms with Gasteiger partial charge in [-0.3, -0.25) is 4.79 Å². The van der Waals surface area contributed by atoms with Crippen LogP contribution in [0, 0.1) is 5.92 Å². The van der Waals surface area contributed by atoms with E-state index < -0.39 is 31.7 Å². The van der Waals surface area contributed by atoms with E-state index in [1.807, 2.05) is 0 Å². The summed E-state index contributed by atoms with van der Waals surface area (Å²) in [6.07, 6.45) is 0. The van der Waals surface area contributed by atoms with Crippen molar-refractivity contribution in [1.82, 2.24) is 5.32 Å². The van der Waals surface area contributed by atoms with Gasteiger partial charge in [-0.1, -0.05) is 18.4 Å². The molecule has 0 aromatic heterocycles. The summed E-state index contributed by atoms with van der Waals surface area (Å²) < 4.78 is 23.1. The minimum Gasteiger partial charge on any atom is -0.507 e. The van der Waals surface area contributed by atoms with Crippen molar-refractivity contribution in [3.8, 4) is 17.2 Å².